The predicted octanol–water partition coefficient (Wildman–Crippen LogP) is 7.94. The van der Waals surface area contributed by atoms with Gasteiger partial charge in [0.25, 0.3) is 0 Å². The van der Waals surface area contributed by atoms with Gasteiger partial charge in [0.15, 0.2) is 0 Å². The second-order valence-electron chi connectivity index (χ2n) is 7.64. The maximum Gasteiger partial charge on any atom is -0.00988 e. The number of aryl methyl sites for hydroxylation is 2. The van der Waals surface area contributed by atoms with Crippen LogP contribution in [-0.4, -0.2) is 0 Å². The third-order valence-corrected chi connectivity index (χ3v) is 5.60. The Balaban J connectivity index is 1.80. The molecule has 0 heteroatoms. The van der Waals surface area contributed by atoms with E-state index in [4.69, 9.17) is 0 Å². The van der Waals surface area contributed by atoms with Gasteiger partial charge in [-0.15, -0.1) is 0 Å². The maximum atomic E-state index is 2.37. The SMILES string of the molecule is Cc1ccc(-c2cccc3cc4cccc(-c5ccc(C)cc5)c4cc23)cc1. The lowest BCUT2D eigenvalue weighted by Gasteiger charge is -2.12. The highest BCUT2D eigenvalue weighted by atomic mass is 14.1. The molecule has 5 aromatic rings. The fourth-order valence-corrected chi connectivity index (χ4v) is 4.02. The Hall–Kier alpha value is -3.38. The first-order chi connectivity index (χ1) is 13.7. The molecule has 0 N–H and O–H groups in total. The summed E-state index contributed by atoms with van der Waals surface area (Å²) in [5, 5.41) is 5.18. The highest BCUT2D eigenvalue weighted by molar-refractivity contribution is 6.09. The van der Waals surface area contributed by atoms with Crippen LogP contribution in [0, 0.1) is 13.8 Å². The van der Waals surface area contributed by atoms with Gasteiger partial charge in [-0.1, -0.05) is 96.1 Å². The molecule has 134 valence electrons. The smallest absolute Gasteiger partial charge is 0.00988 e. The predicted molar refractivity (Wildman–Crippen MR) is 122 cm³/mol. The molecular weight excluding hydrogens is 336 g/mol. The van der Waals surface area contributed by atoms with Crippen molar-refractivity contribution in [2.24, 2.45) is 0 Å². The molecule has 0 aliphatic heterocycles. The molecule has 0 aliphatic carbocycles. The van der Waals surface area contributed by atoms with Gasteiger partial charge in [-0.3, -0.25) is 0 Å². The lowest BCUT2D eigenvalue weighted by atomic mass is 9.92. The summed E-state index contributed by atoms with van der Waals surface area (Å²) in [4.78, 5) is 0. The van der Waals surface area contributed by atoms with Crippen LogP contribution in [0.3, 0.4) is 0 Å². The summed E-state index contributed by atoms with van der Waals surface area (Å²) < 4.78 is 0. The van der Waals surface area contributed by atoms with Gasteiger partial charge < -0.3 is 0 Å². The van der Waals surface area contributed by atoms with Gasteiger partial charge in [0.1, 0.15) is 0 Å². The average molecular weight is 358 g/mol. The van der Waals surface area contributed by atoms with Crippen LogP contribution in [0.2, 0.25) is 0 Å². The second-order valence-corrected chi connectivity index (χ2v) is 7.64. The van der Waals surface area contributed by atoms with Crippen molar-refractivity contribution in [2.45, 2.75) is 13.8 Å². The van der Waals surface area contributed by atoms with E-state index in [2.05, 4.69) is 111 Å². The number of benzene rings is 5. The van der Waals surface area contributed by atoms with Gasteiger partial charge in [-0.05, 0) is 69.8 Å². The molecule has 0 nitrogen and oxygen atoms in total. The summed E-state index contributed by atoms with van der Waals surface area (Å²) in [5.41, 5.74) is 7.69. The van der Waals surface area contributed by atoms with Gasteiger partial charge in [-0.25, -0.2) is 0 Å². The zero-order valence-corrected chi connectivity index (χ0v) is 16.2. The van der Waals surface area contributed by atoms with Crippen molar-refractivity contribution in [1.29, 1.82) is 0 Å². The van der Waals surface area contributed by atoms with Crippen LogP contribution in [0.1, 0.15) is 11.1 Å². The number of fused-ring (bicyclic) bond motifs is 2. The molecular formula is C28H22. The average Bonchev–Trinajstić information content (AvgIpc) is 2.73. The van der Waals surface area contributed by atoms with E-state index < -0.39 is 0 Å². The van der Waals surface area contributed by atoms with Crippen LogP contribution in [0.4, 0.5) is 0 Å². The van der Waals surface area contributed by atoms with Crippen LogP contribution in [0.25, 0.3) is 43.8 Å². The minimum atomic E-state index is 1.27. The van der Waals surface area contributed by atoms with Crippen LogP contribution in [0.5, 0.6) is 0 Å². The number of rotatable bonds is 2. The molecule has 0 spiro atoms. The minimum absolute atomic E-state index is 1.27. The molecule has 5 aromatic carbocycles. The first-order valence-corrected chi connectivity index (χ1v) is 9.79. The van der Waals surface area contributed by atoms with Crippen molar-refractivity contribution in [3.05, 3.63) is 108 Å². The summed E-state index contributed by atoms with van der Waals surface area (Å²) in [7, 11) is 0. The first-order valence-electron chi connectivity index (χ1n) is 9.79. The third kappa shape index (κ3) is 2.88. The van der Waals surface area contributed by atoms with Gasteiger partial charge in [0.05, 0.1) is 0 Å². The molecule has 0 amide bonds. The molecule has 0 saturated heterocycles. The van der Waals surface area contributed by atoms with Crippen LogP contribution < -0.4 is 0 Å². The van der Waals surface area contributed by atoms with E-state index in [1.165, 1.54) is 54.9 Å². The molecule has 0 aliphatic rings. The Bertz CT molecular complexity index is 1190. The van der Waals surface area contributed by atoms with Gasteiger partial charge in [-0.2, -0.15) is 0 Å². The van der Waals surface area contributed by atoms with E-state index in [-0.39, 0.29) is 0 Å². The second kappa shape index (κ2) is 6.65. The quantitative estimate of drug-likeness (QED) is 0.281. The molecule has 0 unspecified atom stereocenters. The summed E-state index contributed by atoms with van der Waals surface area (Å²) in [6, 6.07) is 35.5. The fourth-order valence-electron chi connectivity index (χ4n) is 4.02. The largest absolute Gasteiger partial charge is 0.0610 e. The third-order valence-electron chi connectivity index (χ3n) is 5.60. The Kier molecular flexibility index (Phi) is 3.98. The zero-order valence-electron chi connectivity index (χ0n) is 16.2. The van der Waals surface area contributed by atoms with E-state index in [0.717, 1.165) is 0 Å². The van der Waals surface area contributed by atoms with Crippen molar-refractivity contribution < 1.29 is 0 Å². The molecule has 0 heterocycles. The van der Waals surface area contributed by atoms with Crippen molar-refractivity contribution in [2.75, 3.05) is 0 Å². The fraction of sp³-hybridized carbons (Fsp3) is 0.0714. The van der Waals surface area contributed by atoms with E-state index in [0.29, 0.717) is 0 Å². The summed E-state index contributed by atoms with van der Waals surface area (Å²) in [6.07, 6.45) is 0. The molecule has 0 saturated carbocycles. The van der Waals surface area contributed by atoms with Crippen LogP contribution in [0.15, 0.2) is 97.1 Å². The Labute approximate surface area is 166 Å². The maximum absolute atomic E-state index is 2.37. The molecule has 0 aromatic heterocycles. The highest BCUT2D eigenvalue weighted by Crippen LogP contribution is 2.36. The highest BCUT2D eigenvalue weighted by Gasteiger charge is 2.09. The summed E-state index contributed by atoms with van der Waals surface area (Å²) in [5.74, 6) is 0. The summed E-state index contributed by atoms with van der Waals surface area (Å²) >= 11 is 0. The van der Waals surface area contributed by atoms with Crippen LogP contribution in [-0.2, 0) is 0 Å². The van der Waals surface area contributed by atoms with Crippen molar-refractivity contribution in [3.63, 3.8) is 0 Å². The zero-order chi connectivity index (χ0) is 19.1. The molecule has 5 rings (SSSR count). The van der Waals surface area contributed by atoms with Gasteiger partial charge in [0.2, 0.25) is 0 Å². The molecule has 0 fully saturated rings. The molecule has 28 heavy (non-hydrogen) atoms. The Morgan fingerprint density at radius 2 is 0.857 bits per heavy atom. The lowest BCUT2D eigenvalue weighted by molar-refractivity contribution is 1.47. The van der Waals surface area contributed by atoms with E-state index in [1.807, 2.05) is 0 Å². The van der Waals surface area contributed by atoms with E-state index in [9.17, 15) is 0 Å². The first kappa shape index (κ1) is 16.8. The monoisotopic (exact) mass is 358 g/mol. The van der Waals surface area contributed by atoms with E-state index >= 15 is 0 Å². The molecule has 0 bridgehead atoms. The summed E-state index contributed by atoms with van der Waals surface area (Å²) in [6.45, 7) is 4.27. The lowest BCUT2D eigenvalue weighted by Crippen LogP contribution is -1.86. The molecule has 0 atom stereocenters. The normalized spacial score (nSPS) is 11.2. The minimum Gasteiger partial charge on any atom is -0.0610 e. The van der Waals surface area contributed by atoms with Crippen molar-refractivity contribution in [3.8, 4) is 22.3 Å². The van der Waals surface area contributed by atoms with Gasteiger partial charge >= 0.3 is 0 Å². The van der Waals surface area contributed by atoms with Crippen molar-refractivity contribution in [1.82, 2.24) is 0 Å². The topological polar surface area (TPSA) is 0 Å². The Morgan fingerprint density at radius 3 is 1.29 bits per heavy atom. The van der Waals surface area contributed by atoms with E-state index in [1.54, 1.807) is 0 Å². The number of hydrogen-bond acceptors (Lipinski definition) is 0. The Morgan fingerprint density at radius 1 is 0.429 bits per heavy atom. The van der Waals surface area contributed by atoms with Crippen LogP contribution >= 0.6 is 0 Å². The van der Waals surface area contributed by atoms with Gasteiger partial charge in [0, 0.05) is 0 Å². The molecule has 0 radical (unpaired) electrons. The number of hydrogen-bond donors (Lipinski definition) is 0. The standard InChI is InChI=1S/C28H22/c1-19-9-13-21(14-10-19)25-7-3-5-23-17-24-6-4-8-26(28(24)18-27(23)25)22-15-11-20(2)12-16-22/h3-18H,1-2H3. The van der Waals surface area contributed by atoms with Crippen molar-refractivity contribution >= 4 is 21.5 Å².